The maximum atomic E-state index is 13.3. The van der Waals surface area contributed by atoms with Gasteiger partial charge in [0.25, 0.3) is 5.56 Å². The fourth-order valence-electron chi connectivity index (χ4n) is 3.53. The summed E-state index contributed by atoms with van der Waals surface area (Å²) in [7, 11) is 0. The van der Waals surface area contributed by atoms with Gasteiger partial charge in [0.05, 0.1) is 5.56 Å². The van der Waals surface area contributed by atoms with E-state index in [0.29, 0.717) is 5.56 Å². The second kappa shape index (κ2) is 9.65. The summed E-state index contributed by atoms with van der Waals surface area (Å²) < 4.78 is 22.7. The molecular formula is C22H23NO9. The number of hydrogen-bond donors (Lipinski definition) is 1. The second-order valence-corrected chi connectivity index (χ2v) is 7.17. The van der Waals surface area contributed by atoms with Gasteiger partial charge in [0.2, 0.25) is 0 Å². The molecule has 0 amide bonds. The third-order valence-electron chi connectivity index (χ3n) is 4.77. The van der Waals surface area contributed by atoms with Crippen molar-refractivity contribution in [2.75, 3.05) is 6.61 Å². The Bertz CT molecular complexity index is 1060. The number of carbonyl (C=O) groups excluding carboxylic acids is 3. The number of pyridine rings is 1. The predicted molar refractivity (Wildman–Crippen MR) is 109 cm³/mol. The summed E-state index contributed by atoms with van der Waals surface area (Å²) in [6.07, 6.45) is -3.27. The van der Waals surface area contributed by atoms with E-state index in [0.717, 1.165) is 11.5 Å². The highest BCUT2D eigenvalue weighted by Gasteiger charge is 2.51. The van der Waals surface area contributed by atoms with E-state index < -0.39 is 48.0 Å². The molecule has 1 saturated heterocycles. The lowest BCUT2D eigenvalue weighted by molar-refractivity contribution is -0.166. The van der Waals surface area contributed by atoms with Gasteiger partial charge in [-0.1, -0.05) is 30.3 Å². The van der Waals surface area contributed by atoms with Crippen LogP contribution in [0.3, 0.4) is 0 Å². The smallest absolute Gasteiger partial charge is 0.303 e. The zero-order valence-electron chi connectivity index (χ0n) is 17.7. The summed E-state index contributed by atoms with van der Waals surface area (Å²) in [6, 6.07) is 9.81. The number of aromatic nitrogens is 1. The highest BCUT2D eigenvalue weighted by atomic mass is 16.7. The number of hydrogen-bond acceptors (Lipinski definition) is 9. The molecule has 32 heavy (non-hydrogen) atoms. The van der Waals surface area contributed by atoms with E-state index in [2.05, 4.69) is 0 Å². The molecule has 0 aliphatic carbocycles. The van der Waals surface area contributed by atoms with Gasteiger partial charge >= 0.3 is 17.9 Å². The van der Waals surface area contributed by atoms with Gasteiger partial charge < -0.3 is 24.1 Å². The van der Waals surface area contributed by atoms with Crippen molar-refractivity contribution in [3.8, 4) is 16.9 Å². The van der Waals surface area contributed by atoms with E-state index in [1.165, 1.54) is 26.1 Å². The quantitative estimate of drug-likeness (QED) is 0.520. The van der Waals surface area contributed by atoms with E-state index >= 15 is 0 Å². The van der Waals surface area contributed by atoms with Crippen molar-refractivity contribution < 1.29 is 38.4 Å². The molecule has 10 heteroatoms. The summed E-state index contributed by atoms with van der Waals surface area (Å²) >= 11 is 0. The first-order valence-electron chi connectivity index (χ1n) is 9.81. The molecule has 0 unspecified atom stereocenters. The van der Waals surface area contributed by atoms with Crippen LogP contribution in [0.1, 0.15) is 27.0 Å². The molecular weight excluding hydrogens is 422 g/mol. The summed E-state index contributed by atoms with van der Waals surface area (Å²) in [5.41, 5.74) is -0.127. The van der Waals surface area contributed by atoms with Gasteiger partial charge in [0.1, 0.15) is 18.5 Å². The molecule has 0 spiro atoms. The zero-order valence-corrected chi connectivity index (χ0v) is 17.7. The maximum absolute atomic E-state index is 13.3. The molecule has 170 valence electrons. The van der Waals surface area contributed by atoms with E-state index in [9.17, 15) is 24.3 Å². The summed E-state index contributed by atoms with van der Waals surface area (Å²) in [5.74, 6) is -2.19. The third kappa shape index (κ3) is 4.97. The van der Waals surface area contributed by atoms with Gasteiger partial charge in [0.15, 0.2) is 18.4 Å². The summed E-state index contributed by atoms with van der Waals surface area (Å²) in [4.78, 5) is 48.0. The van der Waals surface area contributed by atoms with Crippen LogP contribution in [0.5, 0.6) is 5.75 Å². The number of nitrogens with zero attached hydrogens (tertiary/aromatic N) is 1. The molecule has 1 aromatic carbocycles. The van der Waals surface area contributed by atoms with Crippen LogP contribution in [0.4, 0.5) is 0 Å². The topological polar surface area (TPSA) is 130 Å². The largest absolute Gasteiger partial charge is 0.507 e. The molecule has 2 aromatic rings. The van der Waals surface area contributed by atoms with Crippen molar-refractivity contribution in [1.82, 2.24) is 4.57 Å². The summed E-state index contributed by atoms with van der Waals surface area (Å²) in [5, 5.41) is 10.3. The Balaban J connectivity index is 2.07. The van der Waals surface area contributed by atoms with Gasteiger partial charge in [-0.3, -0.25) is 23.7 Å². The fourth-order valence-corrected chi connectivity index (χ4v) is 3.53. The minimum absolute atomic E-state index is 0.0192. The summed E-state index contributed by atoms with van der Waals surface area (Å²) in [6.45, 7) is 3.24. The first-order valence-corrected chi connectivity index (χ1v) is 9.81. The number of esters is 3. The van der Waals surface area contributed by atoms with E-state index in [-0.39, 0.29) is 17.9 Å². The second-order valence-electron chi connectivity index (χ2n) is 7.17. The van der Waals surface area contributed by atoms with E-state index in [4.69, 9.17) is 18.9 Å². The standard InChI is InChI=1S/C22H23NO9/c1-12(24)29-11-17-19(30-13(2)25)20(31-14(3)26)22(32-17)23-10-9-16(27)18(21(23)28)15-7-5-4-6-8-15/h4-10,17,19-20,22,27H,11H2,1-3H3/t17-,19-,20-,22-/m1/s1. The van der Waals surface area contributed by atoms with Crippen LogP contribution in [0.2, 0.25) is 0 Å². The minimum Gasteiger partial charge on any atom is -0.507 e. The molecule has 1 aliphatic rings. The van der Waals surface area contributed by atoms with Gasteiger partial charge in [0, 0.05) is 27.0 Å². The van der Waals surface area contributed by atoms with Crippen molar-refractivity contribution in [3.05, 3.63) is 52.9 Å². The van der Waals surface area contributed by atoms with Crippen LogP contribution < -0.4 is 5.56 Å². The Morgan fingerprint density at radius 1 is 0.969 bits per heavy atom. The Hall–Kier alpha value is -3.66. The fraction of sp³-hybridized carbons (Fsp3) is 0.364. The average Bonchev–Trinajstić information content (AvgIpc) is 3.03. The first kappa shape index (κ1) is 23.0. The van der Waals surface area contributed by atoms with Crippen LogP contribution >= 0.6 is 0 Å². The first-order chi connectivity index (χ1) is 15.2. The molecule has 1 N–H and O–H groups in total. The van der Waals surface area contributed by atoms with Crippen molar-refractivity contribution >= 4 is 17.9 Å². The Kier molecular flexibility index (Phi) is 6.94. The van der Waals surface area contributed by atoms with E-state index in [1.807, 2.05) is 0 Å². The average molecular weight is 445 g/mol. The lowest BCUT2D eigenvalue weighted by Gasteiger charge is -2.24. The Labute approximate surface area is 183 Å². The monoisotopic (exact) mass is 445 g/mol. The normalized spacial score (nSPS) is 22.2. The Morgan fingerprint density at radius 2 is 1.59 bits per heavy atom. The molecule has 2 heterocycles. The minimum atomic E-state index is -1.21. The van der Waals surface area contributed by atoms with Crippen LogP contribution in [0.15, 0.2) is 47.4 Å². The zero-order chi connectivity index (χ0) is 23.4. The molecule has 0 bridgehead atoms. The van der Waals surface area contributed by atoms with Gasteiger partial charge in [-0.2, -0.15) is 0 Å². The van der Waals surface area contributed by atoms with E-state index in [1.54, 1.807) is 30.3 Å². The third-order valence-corrected chi connectivity index (χ3v) is 4.77. The molecule has 0 saturated carbocycles. The molecule has 3 rings (SSSR count). The van der Waals surface area contributed by atoms with Crippen molar-refractivity contribution in [1.29, 1.82) is 0 Å². The number of rotatable bonds is 6. The van der Waals surface area contributed by atoms with Gasteiger partial charge in [-0.05, 0) is 11.6 Å². The Morgan fingerprint density at radius 3 is 2.19 bits per heavy atom. The molecule has 1 fully saturated rings. The molecule has 1 aromatic heterocycles. The predicted octanol–water partition coefficient (Wildman–Crippen LogP) is 1.54. The van der Waals surface area contributed by atoms with Crippen molar-refractivity contribution in [3.63, 3.8) is 0 Å². The highest BCUT2D eigenvalue weighted by Crippen LogP contribution is 2.35. The molecule has 0 radical (unpaired) electrons. The van der Waals surface area contributed by atoms with Gasteiger partial charge in [-0.25, -0.2) is 0 Å². The SMILES string of the molecule is CC(=O)OC[C@H]1O[C@@H](n2ccc(O)c(-c3ccccc3)c2=O)[C@H](OC(C)=O)[C@@H]1OC(C)=O. The lowest BCUT2D eigenvalue weighted by Crippen LogP contribution is -2.41. The van der Waals surface area contributed by atoms with Gasteiger partial charge in [-0.15, -0.1) is 0 Å². The van der Waals surface area contributed by atoms with Crippen LogP contribution in [-0.2, 0) is 33.3 Å². The van der Waals surface area contributed by atoms with Crippen molar-refractivity contribution in [2.45, 2.75) is 45.3 Å². The molecule has 1 aliphatic heterocycles. The number of benzene rings is 1. The van der Waals surface area contributed by atoms with Crippen LogP contribution in [0, 0.1) is 0 Å². The maximum Gasteiger partial charge on any atom is 0.303 e. The highest BCUT2D eigenvalue weighted by molar-refractivity contribution is 5.69. The number of carbonyl (C=O) groups is 3. The lowest BCUT2D eigenvalue weighted by atomic mass is 10.1. The number of ether oxygens (including phenoxy) is 4. The van der Waals surface area contributed by atoms with Crippen molar-refractivity contribution in [2.24, 2.45) is 0 Å². The molecule has 10 nitrogen and oxygen atoms in total. The molecule has 4 atom stereocenters. The van der Waals surface area contributed by atoms with Crippen LogP contribution in [-0.4, -0.2) is 52.5 Å². The van der Waals surface area contributed by atoms with Crippen LogP contribution in [0.25, 0.3) is 11.1 Å². The number of aromatic hydroxyl groups is 1.